The normalized spacial score (nSPS) is 10.2. The molecule has 0 aromatic heterocycles. The number of rotatable bonds is 7. The van der Waals surface area contributed by atoms with E-state index in [0.717, 1.165) is 5.56 Å². The summed E-state index contributed by atoms with van der Waals surface area (Å²) < 4.78 is 23.7. The number of carbonyl (C=O) groups is 2. The van der Waals surface area contributed by atoms with Crippen molar-refractivity contribution in [2.24, 2.45) is 5.73 Å². The highest BCUT2D eigenvalue weighted by molar-refractivity contribution is 5.95. The summed E-state index contributed by atoms with van der Waals surface area (Å²) in [6.07, 6.45) is 0. The zero-order valence-electron chi connectivity index (χ0n) is 14.0. The Hall–Kier alpha value is -3.09. The molecule has 2 aromatic rings. The summed E-state index contributed by atoms with van der Waals surface area (Å²) in [7, 11) is 1.46. The van der Waals surface area contributed by atoms with Gasteiger partial charge in [0.05, 0.1) is 7.11 Å². The van der Waals surface area contributed by atoms with Crippen LogP contribution in [0.2, 0.25) is 0 Å². The Labute approximate surface area is 144 Å². The Balaban J connectivity index is 2.06. The van der Waals surface area contributed by atoms with Gasteiger partial charge in [-0.1, -0.05) is 12.1 Å². The van der Waals surface area contributed by atoms with Gasteiger partial charge >= 0.3 is 0 Å². The molecular formula is C18H19FN2O4. The lowest BCUT2D eigenvalue weighted by molar-refractivity contribution is -0.119. The van der Waals surface area contributed by atoms with E-state index in [-0.39, 0.29) is 24.6 Å². The molecule has 3 N–H and O–H groups in total. The van der Waals surface area contributed by atoms with Gasteiger partial charge in [0.1, 0.15) is 5.82 Å². The summed E-state index contributed by atoms with van der Waals surface area (Å²) in [5.74, 6) is -0.644. The topological polar surface area (TPSA) is 90.7 Å². The fourth-order valence-electron chi connectivity index (χ4n) is 2.21. The standard InChI is InChI=1S/C18H19FN2O4/c1-11-3-5-13(19)8-14(11)18(23)21-9-12-4-6-15(16(7-12)24-2)25-10-17(20)22/h3-8H,9-10H2,1-2H3,(H2,20,22)(H,21,23). The van der Waals surface area contributed by atoms with Gasteiger partial charge in [0.25, 0.3) is 11.8 Å². The van der Waals surface area contributed by atoms with Gasteiger partial charge < -0.3 is 20.5 Å². The second-order valence-corrected chi connectivity index (χ2v) is 5.38. The minimum absolute atomic E-state index is 0.223. The molecule has 2 amide bonds. The number of halogens is 1. The lowest BCUT2D eigenvalue weighted by atomic mass is 10.1. The lowest BCUT2D eigenvalue weighted by Crippen LogP contribution is -2.24. The van der Waals surface area contributed by atoms with Crippen LogP contribution in [-0.2, 0) is 11.3 Å². The highest BCUT2D eigenvalue weighted by Crippen LogP contribution is 2.28. The lowest BCUT2D eigenvalue weighted by Gasteiger charge is -2.12. The molecule has 0 heterocycles. The molecule has 0 atom stereocenters. The molecule has 0 bridgehead atoms. The van der Waals surface area contributed by atoms with E-state index in [9.17, 15) is 14.0 Å². The molecule has 132 valence electrons. The molecule has 0 saturated carbocycles. The van der Waals surface area contributed by atoms with Crippen LogP contribution >= 0.6 is 0 Å². The van der Waals surface area contributed by atoms with E-state index >= 15 is 0 Å². The van der Waals surface area contributed by atoms with Gasteiger partial charge in [-0.2, -0.15) is 0 Å². The molecular weight excluding hydrogens is 327 g/mol. The number of amides is 2. The monoisotopic (exact) mass is 346 g/mol. The zero-order valence-corrected chi connectivity index (χ0v) is 14.0. The number of primary amides is 1. The summed E-state index contributed by atoms with van der Waals surface area (Å²) in [4.78, 5) is 23.0. The van der Waals surface area contributed by atoms with Gasteiger partial charge in [-0.05, 0) is 42.3 Å². The summed E-state index contributed by atoms with van der Waals surface area (Å²) in [6, 6.07) is 9.08. The van der Waals surface area contributed by atoms with Gasteiger partial charge in [0.2, 0.25) is 0 Å². The van der Waals surface area contributed by atoms with E-state index in [1.165, 1.54) is 19.2 Å². The van der Waals surface area contributed by atoms with Crippen LogP contribution in [0.4, 0.5) is 4.39 Å². The van der Waals surface area contributed by atoms with Crippen LogP contribution in [0.5, 0.6) is 11.5 Å². The van der Waals surface area contributed by atoms with Crippen LogP contribution in [0.1, 0.15) is 21.5 Å². The number of hydrogen-bond donors (Lipinski definition) is 2. The van der Waals surface area contributed by atoms with Crippen LogP contribution < -0.4 is 20.5 Å². The first-order valence-electron chi connectivity index (χ1n) is 7.53. The summed E-state index contributed by atoms with van der Waals surface area (Å²) in [5, 5.41) is 2.73. The summed E-state index contributed by atoms with van der Waals surface area (Å²) in [6.45, 7) is 1.70. The smallest absolute Gasteiger partial charge is 0.255 e. The average molecular weight is 346 g/mol. The maximum Gasteiger partial charge on any atom is 0.255 e. The third kappa shape index (κ3) is 4.94. The maximum atomic E-state index is 13.3. The van der Waals surface area contributed by atoms with Gasteiger partial charge in [0, 0.05) is 12.1 Å². The van der Waals surface area contributed by atoms with Crippen molar-refractivity contribution in [3.8, 4) is 11.5 Å². The molecule has 7 heteroatoms. The van der Waals surface area contributed by atoms with E-state index in [4.69, 9.17) is 15.2 Å². The van der Waals surface area contributed by atoms with Crippen molar-refractivity contribution >= 4 is 11.8 Å². The Morgan fingerprint density at radius 2 is 1.92 bits per heavy atom. The third-order valence-electron chi connectivity index (χ3n) is 3.50. The van der Waals surface area contributed by atoms with Crippen LogP contribution in [-0.4, -0.2) is 25.5 Å². The van der Waals surface area contributed by atoms with Crippen LogP contribution in [0.3, 0.4) is 0 Å². The fraction of sp³-hybridized carbons (Fsp3) is 0.222. The SMILES string of the molecule is COc1cc(CNC(=O)c2cc(F)ccc2C)ccc1OCC(N)=O. The van der Waals surface area contributed by atoms with Crippen molar-refractivity contribution < 1.29 is 23.5 Å². The highest BCUT2D eigenvalue weighted by atomic mass is 19.1. The molecule has 0 unspecified atom stereocenters. The van der Waals surface area contributed by atoms with Crippen LogP contribution in [0.15, 0.2) is 36.4 Å². The molecule has 0 fully saturated rings. The first kappa shape index (κ1) is 18.3. The molecule has 2 rings (SSSR count). The first-order valence-corrected chi connectivity index (χ1v) is 7.53. The third-order valence-corrected chi connectivity index (χ3v) is 3.50. The van der Waals surface area contributed by atoms with Crippen molar-refractivity contribution in [1.29, 1.82) is 0 Å². The predicted molar refractivity (Wildman–Crippen MR) is 90.0 cm³/mol. The van der Waals surface area contributed by atoms with Crippen molar-refractivity contribution in [2.75, 3.05) is 13.7 Å². The average Bonchev–Trinajstić information content (AvgIpc) is 2.60. The van der Waals surface area contributed by atoms with E-state index in [1.807, 2.05) is 0 Å². The Morgan fingerprint density at radius 1 is 1.16 bits per heavy atom. The highest BCUT2D eigenvalue weighted by Gasteiger charge is 2.11. The Bertz CT molecular complexity index is 793. The Kier molecular flexibility index (Phi) is 5.94. The Morgan fingerprint density at radius 3 is 2.60 bits per heavy atom. The number of nitrogens with one attached hydrogen (secondary N) is 1. The number of ether oxygens (including phenoxy) is 2. The molecule has 0 aliphatic heterocycles. The molecule has 0 spiro atoms. The summed E-state index contributed by atoms with van der Waals surface area (Å²) in [5.41, 5.74) is 6.77. The minimum Gasteiger partial charge on any atom is -0.493 e. The predicted octanol–water partition coefficient (Wildman–Crippen LogP) is 1.94. The molecule has 0 saturated heterocycles. The molecule has 0 aliphatic rings. The van der Waals surface area contributed by atoms with Gasteiger partial charge in [-0.25, -0.2) is 4.39 Å². The van der Waals surface area contributed by atoms with Gasteiger partial charge in [-0.15, -0.1) is 0 Å². The number of methoxy groups -OCH3 is 1. The summed E-state index contributed by atoms with van der Waals surface area (Å²) >= 11 is 0. The quantitative estimate of drug-likeness (QED) is 0.801. The largest absolute Gasteiger partial charge is 0.493 e. The van der Waals surface area contributed by atoms with Crippen molar-refractivity contribution in [3.05, 3.63) is 58.9 Å². The molecule has 6 nitrogen and oxygen atoms in total. The number of benzene rings is 2. The number of hydrogen-bond acceptors (Lipinski definition) is 4. The molecule has 25 heavy (non-hydrogen) atoms. The first-order chi connectivity index (χ1) is 11.9. The van der Waals surface area contributed by atoms with Gasteiger partial charge in [-0.3, -0.25) is 9.59 Å². The van der Waals surface area contributed by atoms with E-state index in [1.54, 1.807) is 31.2 Å². The van der Waals surface area contributed by atoms with E-state index < -0.39 is 11.7 Å². The molecule has 0 radical (unpaired) electrons. The van der Waals surface area contributed by atoms with Crippen molar-refractivity contribution in [3.63, 3.8) is 0 Å². The number of aryl methyl sites for hydroxylation is 1. The zero-order chi connectivity index (χ0) is 18.4. The maximum absolute atomic E-state index is 13.3. The van der Waals surface area contributed by atoms with E-state index in [0.29, 0.717) is 17.1 Å². The van der Waals surface area contributed by atoms with Gasteiger partial charge in [0.15, 0.2) is 18.1 Å². The van der Waals surface area contributed by atoms with Crippen LogP contribution in [0.25, 0.3) is 0 Å². The fourth-order valence-corrected chi connectivity index (χ4v) is 2.21. The number of nitrogens with two attached hydrogens (primary N) is 1. The molecule has 2 aromatic carbocycles. The number of carbonyl (C=O) groups excluding carboxylic acids is 2. The van der Waals surface area contributed by atoms with Crippen molar-refractivity contribution in [2.45, 2.75) is 13.5 Å². The minimum atomic E-state index is -0.594. The molecule has 0 aliphatic carbocycles. The van der Waals surface area contributed by atoms with Crippen LogP contribution in [0, 0.1) is 12.7 Å². The second kappa shape index (κ2) is 8.14. The van der Waals surface area contributed by atoms with Crippen molar-refractivity contribution in [1.82, 2.24) is 5.32 Å². The second-order valence-electron chi connectivity index (χ2n) is 5.38. The van der Waals surface area contributed by atoms with E-state index in [2.05, 4.69) is 5.32 Å².